The number of hydrogen-bond donors (Lipinski definition) is 1. The molecule has 0 bridgehead atoms. The van der Waals surface area contributed by atoms with Crippen molar-refractivity contribution in [2.24, 2.45) is 5.92 Å². The minimum absolute atomic E-state index is 0.0558. The zero-order valence-electron chi connectivity index (χ0n) is 9.56. The van der Waals surface area contributed by atoms with Gasteiger partial charge in [0.25, 0.3) is 0 Å². The Morgan fingerprint density at radius 3 is 2.88 bits per heavy atom. The van der Waals surface area contributed by atoms with Gasteiger partial charge < -0.3 is 19.2 Å². The number of likely N-dealkylation sites (N-methyl/N-ethyl adjacent to an activating group) is 1. The first-order chi connectivity index (χ1) is 7.50. The van der Waals surface area contributed by atoms with Gasteiger partial charge in [0.1, 0.15) is 18.1 Å². The van der Waals surface area contributed by atoms with E-state index in [0.29, 0.717) is 23.9 Å². The molecule has 2 heterocycles. The molecule has 0 saturated heterocycles. The highest BCUT2D eigenvalue weighted by molar-refractivity contribution is 5.93. The monoisotopic (exact) mass is 225 g/mol. The van der Waals surface area contributed by atoms with Crippen molar-refractivity contribution >= 4 is 11.7 Å². The number of furan rings is 1. The maximum absolute atomic E-state index is 10.9. The molecule has 16 heavy (non-hydrogen) atoms. The Labute approximate surface area is 93.6 Å². The third kappa shape index (κ3) is 1.62. The van der Waals surface area contributed by atoms with Gasteiger partial charge in [0.2, 0.25) is 5.76 Å². The molecule has 5 nitrogen and oxygen atoms in total. The zero-order chi connectivity index (χ0) is 11.9. The third-order valence-corrected chi connectivity index (χ3v) is 2.78. The lowest BCUT2D eigenvalue weighted by atomic mass is 10.1. The quantitative estimate of drug-likeness (QED) is 0.831. The van der Waals surface area contributed by atoms with Crippen molar-refractivity contribution in [2.45, 2.75) is 20.0 Å². The summed E-state index contributed by atoms with van der Waals surface area (Å²) in [6.07, 6.45) is 1.43. The summed E-state index contributed by atoms with van der Waals surface area (Å²) in [5.74, 6) is -0.233. The molecule has 88 valence electrons. The number of rotatable bonds is 2. The number of ether oxygens (including phenoxy) is 1. The highest BCUT2D eigenvalue weighted by Crippen LogP contribution is 2.38. The normalized spacial score (nSPS) is 19.5. The molecular weight excluding hydrogens is 210 g/mol. The number of carboxylic acids is 1. The number of anilines is 1. The van der Waals surface area contributed by atoms with Crippen LogP contribution in [0.5, 0.6) is 5.75 Å². The molecule has 1 N–H and O–H groups in total. The predicted octanol–water partition coefficient (Wildman–Crippen LogP) is 1.83. The molecule has 2 rings (SSSR count). The summed E-state index contributed by atoms with van der Waals surface area (Å²) in [6, 6.07) is 0. The summed E-state index contributed by atoms with van der Waals surface area (Å²) < 4.78 is 10.7. The van der Waals surface area contributed by atoms with E-state index in [1.807, 2.05) is 11.9 Å². The van der Waals surface area contributed by atoms with Crippen molar-refractivity contribution in [1.29, 1.82) is 0 Å². The molecular formula is C11H15NO4. The van der Waals surface area contributed by atoms with E-state index < -0.39 is 5.97 Å². The van der Waals surface area contributed by atoms with E-state index >= 15 is 0 Å². The van der Waals surface area contributed by atoms with Crippen molar-refractivity contribution in [1.82, 2.24) is 0 Å². The summed E-state index contributed by atoms with van der Waals surface area (Å²) in [6.45, 7) is 4.81. The molecule has 0 aromatic carbocycles. The van der Waals surface area contributed by atoms with Gasteiger partial charge in [-0.25, -0.2) is 4.79 Å². The van der Waals surface area contributed by atoms with Crippen LogP contribution in [0.3, 0.4) is 0 Å². The van der Waals surface area contributed by atoms with Gasteiger partial charge >= 0.3 is 5.97 Å². The lowest BCUT2D eigenvalue weighted by Crippen LogP contribution is -2.40. The zero-order valence-corrected chi connectivity index (χ0v) is 9.56. The van der Waals surface area contributed by atoms with Gasteiger partial charge in [0.05, 0.1) is 6.54 Å². The van der Waals surface area contributed by atoms with Crippen molar-refractivity contribution < 1.29 is 19.1 Å². The molecule has 1 aromatic heterocycles. The van der Waals surface area contributed by atoms with Crippen LogP contribution < -0.4 is 9.64 Å². The van der Waals surface area contributed by atoms with Gasteiger partial charge in [-0.2, -0.15) is 0 Å². The van der Waals surface area contributed by atoms with Crippen LogP contribution in [0, 0.1) is 5.92 Å². The first-order valence-corrected chi connectivity index (χ1v) is 5.23. The second-order valence-electron chi connectivity index (χ2n) is 4.36. The fourth-order valence-electron chi connectivity index (χ4n) is 1.84. The molecule has 1 atom stereocenters. The largest absolute Gasteiger partial charge is 0.483 e. The molecule has 0 amide bonds. The number of carboxylic acid groups (broad SMARTS) is 1. The highest BCUT2D eigenvalue weighted by Gasteiger charge is 2.32. The van der Waals surface area contributed by atoms with Crippen LogP contribution in [0.1, 0.15) is 24.4 Å². The maximum Gasteiger partial charge on any atom is 0.374 e. The Morgan fingerprint density at radius 1 is 1.62 bits per heavy atom. The lowest BCUT2D eigenvalue weighted by Gasteiger charge is -2.33. The Hall–Kier alpha value is -1.65. The lowest BCUT2D eigenvalue weighted by molar-refractivity contribution is 0.0663. The smallest absolute Gasteiger partial charge is 0.374 e. The molecule has 5 heteroatoms. The molecule has 0 saturated carbocycles. The Kier molecular flexibility index (Phi) is 2.53. The predicted molar refractivity (Wildman–Crippen MR) is 58.2 cm³/mol. The molecule has 1 aliphatic heterocycles. The average molecular weight is 225 g/mol. The topological polar surface area (TPSA) is 62.9 Å². The number of aromatic carboxylic acids is 1. The summed E-state index contributed by atoms with van der Waals surface area (Å²) in [5.41, 5.74) is 0.532. The fraction of sp³-hybridized carbons (Fsp3) is 0.545. The van der Waals surface area contributed by atoms with Crippen molar-refractivity contribution in [3.8, 4) is 5.75 Å². The van der Waals surface area contributed by atoms with Crippen LogP contribution in [-0.4, -0.2) is 30.8 Å². The second kappa shape index (κ2) is 3.73. The third-order valence-electron chi connectivity index (χ3n) is 2.78. The van der Waals surface area contributed by atoms with E-state index in [9.17, 15) is 4.79 Å². The molecule has 1 aromatic rings. The van der Waals surface area contributed by atoms with Gasteiger partial charge in [-0.1, -0.05) is 13.8 Å². The van der Waals surface area contributed by atoms with E-state index in [1.54, 1.807) is 0 Å². The molecule has 1 aliphatic rings. The summed E-state index contributed by atoms with van der Waals surface area (Å²) in [4.78, 5) is 12.8. The van der Waals surface area contributed by atoms with Gasteiger partial charge in [-0.15, -0.1) is 0 Å². The first kappa shape index (κ1) is 10.9. The first-order valence-electron chi connectivity index (χ1n) is 5.23. The van der Waals surface area contributed by atoms with Crippen LogP contribution >= 0.6 is 0 Å². The molecule has 0 spiro atoms. The number of hydrogen-bond acceptors (Lipinski definition) is 4. The molecule has 1 unspecified atom stereocenters. The number of fused-ring (bicyclic) bond motifs is 1. The standard InChI is InChI=1S/C11H15NO4/c1-6(2)7-4-12(3)9-8(16-7)5-15-10(9)11(13)14/h5-7H,4H2,1-3H3,(H,13,14). The van der Waals surface area contributed by atoms with Crippen molar-refractivity contribution in [3.05, 3.63) is 12.0 Å². The van der Waals surface area contributed by atoms with E-state index in [1.165, 1.54) is 6.26 Å². The minimum atomic E-state index is -1.07. The van der Waals surface area contributed by atoms with E-state index in [-0.39, 0.29) is 11.9 Å². The SMILES string of the molecule is CC(C)C1CN(C)c2c(coc2C(=O)O)O1. The maximum atomic E-state index is 10.9. The summed E-state index contributed by atoms with van der Waals surface area (Å²) in [7, 11) is 1.85. The minimum Gasteiger partial charge on any atom is -0.483 e. The number of nitrogens with zero attached hydrogens (tertiary/aromatic N) is 1. The fourth-order valence-corrected chi connectivity index (χ4v) is 1.84. The van der Waals surface area contributed by atoms with Crippen molar-refractivity contribution in [2.75, 3.05) is 18.5 Å². The van der Waals surface area contributed by atoms with Crippen LogP contribution in [0.15, 0.2) is 10.7 Å². The van der Waals surface area contributed by atoms with Crippen LogP contribution in [0.4, 0.5) is 5.69 Å². The summed E-state index contributed by atoms with van der Waals surface area (Å²) >= 11 is 0. The Bertz CT molecular complexity index is 410. The van der Waals surface area contributed by atoms with Crippen LogP contribution in [0.2, 0.25) is 0 Å². The Balaban J connectivity index is 2.36. The van der Waals surface area contributed by atoms with E-state index in [2.05, 4.69) is 13.8 Å². The van der Waals surface area contributed by atoms with Gasteiger partial charge in [0, 0.05) is 7.05 Å². The second-order valence-corrected chi connectivity index (χ2v) is 4.36. The Morgan fingerprint density at radius 2 is 2.31 bits per heavy atom. The van der Waals surface area contributed by atoms with Crippen LogP contribution in [0.25, 0.3) is 0 Å². The van der Waals surface area contributed by atoms with Gasteiger partial charge in [-0.05, 0) is 5.92 Å². The number of carbonyl (C=O) groups is 1. The molecule has 0 fully saturated rings. The molecule has 0 radical (unpaired) electrons. The van der Waals surface area contributed by atoms with E-state index in [4.69, 9.17) is 14.3 Å². The van der Waals surface area contributed by atoms with Gasteiger partial charge in [-0.3, -0.25) is 0 Å². The van der Waals surface area contributed by atoms with Crippen molar-refractivity contribution in [3.63, 3.8) is 0 Å². The molecule has 0 aliphatic carbocycles. The van der Waals surface area contributed by atoms with Crippen LogP contribution in [-0.2, 0) is 0 Å². The highest BCUT2D eigenvalue weighted by atomic mass is 16.5. The average Bonchev–Trinajstić information content (AvgIpc) is 2.61. The summed E-state index contributed by atoms with van der Waals surface area (Å²) in [5, 5.41) is 8.95. The van der Waals surface area contributed by atoms with E-state index in [0.717, 1.165) is 0 Å². The van der Waals surface area contributed by atoms with Gasteiger partial charge in [0.15, 0.2) is 5.75 Å².